The molecule has 0 saturated heterocycles. The van der Waals surface area contributed by atoms with Gasteiger partial charge in [0.15, 0.2) is 5.58 Å². The van der Waals surface area contributed by atoms with Crippen molar-refractivity contribution in [1.82, 2.24) is 24.9 Å². The number of oxazole rings is 1. The number of carbonyl (C=O) groups is 1. The number of fused-ring (bicyclic) bond motifs is 2. The third-order valence-electron chi connectivity index (χ3n) is 5.79. The molecule has 0 saturated carbocycles. The van der Waals surface area contributed by atoms with Gasteiger partial charge in [0.05, 0.1) is 34.8 Å². The lowest BCUT2D eigenvalue weighted by atomic mass is 9.95. The molecule has 5 rings (SSSR count). The van der Waals surface area contributed by atoms with Crippen molar-refractivity contribution < 1.29 is 19.1 Å². The number of ether oxygens (including phenoxy) is 1. The summed E-state index contributed by atoms with van der Waals surface area (Å²) in [4.78, 5) is 23.4. The maximum atomic E-state index is 11.7. The van der Waals surface area contributed by atoms with Crippen molar-refractivity contribution in [3.63, 3.8) is 0 Å². The minimum absolute atomic E-state index is 0.246. The Labute approximate surface area is 182 Å². The Kier molecular flexibility index (Phi) is 4.87. The fraction of sp³-hybridized carbons (Fsp3) is 0.273. The molecule has 32 heavy (non-hydrogen) atoms. The standard InChI is InChI=1S/C22H21N5O5/c1-12-15(4-5-16-17(12)11-31-21(16)29)19(28)9-23-8-13-10-27(25-24-13)14-3-6-20-18(7-14)26(2)22(30)32-20/h3-7,10,19,23,28H,8-9,11H2,1-2H3/t19-/m0/s1. The van der Waals surface area contributed by atoms with E-state index in [0.29, 0.717) is 35.4 Å². The maximum absolute atomic E-state index is 11.7. The largest absolute Gasteiger partial charge is 0.457 e. The number of aliphatic hydroxyl groups is 1. The quantitative estimate of drug-likeness (QED) is 0.437. The Hall–Kier alpha value is -3.76. The summed E-state index contributed by atoms with van der Waals surface area (Å²) in [6, 6.07) is 8.80. The van der Waals surface area contributed by atoms with Gasteiger partial charge in [-0.15, -0.1) is 5.10 Å². The minimum atomic E-state index is -0.740. The van der Waals surface area contributed by atoms with Gasteiger partial charge < -0.3 is 19.6 Å². The number of hydrogen-bond donors (Lipinski definition) is 2. The molecule has 2 aromatic carbocycles. The molecule has 4 aromatic rings. The third-order valence-corrected chi connectivity index (χ3v) is 5.79. The van der Waals surface area contributed by atoms with Crippen molar-refractivity contribution in [1.29, 1.82) is 0 Å². The van der Waals surface area contributed by atoms with Crippen LogP contribution in [0.15, 0.2) is 45.7 Å². The molecule has 0 amide bonds. The number of carbonyl (C=O) groups excluding carboxylic acids is 1. The van der Waals surface area contributed by atoms with Gasteiger partial charge in [0.1, 0.15) is 6.61 Å². The molecule has 1 atom stereocenters. The predicted octanol–water partition coefficient (Wildman–Crippen LogP) is 1.51. The average Bonchev–Trinajstić information content (AvgIpc) is 3.47. The first-order chi connectivity index (χ1) is 15.4. The first-order valence-electron chi connectivity index (χ1n) is 10.1. The van der Waals surface area contributed by atoms with E-state index in [1.165, 1.54) is 4.57 Å². The van der Waals surface area contributed by atoms with Gasteiger partial charge in [0.25, 0.3) is 0 Å². The molecular formula is C22H21N5O5. The van der Waals surface area contributed by atoms with E-state index < -0.39 is 11.9 Å². The monoisotopic (exact) mass is 435 g/mol. The highest BCUT2D eigenvalue weighted by atomic mass is 16.5. The van der Waals surface area contributed by atoms with Gasteiger partial charge in [0, 0.05) is 25.7 Å². The summed E-state index contributed by atoms with van der Waals surface area (Å²) in [5.74, 6) is -0.739. The molecule has 0 fully saturated rings. The van der Waals surface area contributed by atoms with E-state index >= 15 is 0 Å². The summed E-state index contributed by atoms with van der Waals surface area (Å²) in [5, 5.41) is 22.1. The Morgan fingerprint density at radius 3 is 2.94 bits per heavy atom. The molecular weight excluding hydrogens is 414 g/mol. The minimum Gasteiger partial charge on any atom is -0.457 e. The molecule has 0 spiro atoms. The van der Waals surface area contributed by atoms with E-state index in [9.17, 15) is 14.7 Å². The number of hydrogen-bond acceptors (Lipinski definition) is 8. The lowest BCUT2D eigenvalue weighted by Crippen LogP contribution is -2.22. The summed E-state index contributed by atoms with van der Waals surface area (Å²) in [5.41, 5.74) is 5.66. The van der Waals surface area contributed by atoms with Crippen LogP contribution in [0, 0.1) is 6.92 Å². The number of aryl methyl sites for hydroxylation is 1. The lowest BCUT2D eigenvalue weighted by molar-refractivity contribution is 0.0535. The second kappa shape index (κ2) is 7.74. The first kappa shape index (κ1) is 20.2. The van der Waals surface area contributed by atoms with E-state index in [2.05, 4.69) is 15.6 Å². The highest BCUT2D eigenvalue weighted by Crippen LogP contribution is 2.28. The van der Waals surface area contributed by atoms with Crippen LogP contribution in [0.5, 0.6) is 0 Å². The normalized spacial score (nSPS) is 14.0. The summed E-state index contributed by atoms with van der Waals surface area (Å²) < 4.78 is 13.3. The van der Waals surface area contributed by atoms with Crippen LogP contribution in [0.2, 0.25) is 0 Å². The van der Waals surface area contributed by atoms with Crippen LogP contribution in [0.4, 0.5) is 0 Å². The molecule has 10 heteroatoms. The van der Waals surface area contributed by atoms with Crippen molar-refractivity contribution in [3.05, 3.63) is 75.0 Å². The van der Waals surface area contributed by atoms with Gasteiger partial charge in [0.2, 0.25) is 0 Å². The van der Waals surface area contributed by atoms with Crippen molar-refractivity contribution in [2.24, 2.45) is 7.05 Å². The Morgan fingerprint density at radius 1 is 1.25 bits per heavy atom. The van der Waals surface area contributed by atoms with Crippen LogP contribution in [0.3, 0.4) is 0 Å². The SMILES string of the molecule is Cc1c([C@@H](O)CNCc2cn(-c3ccc4oc(=O)n(C)c4c3)nn2)ccc2c1COC2=O. The number of nitrogens with zero attached hydrogens (tertiary/aromatic N) is 4. The van der Waals surface area contributed by atoms with Crippen LogP contribution in [0.1, 0.15) is 38.8 Å². The van der Waals surface area contributed by atoms with Crippen molar-refractivity contribution in [2.75, 3.05) is 6.54 Å². The average molecular weight is 435 g/mol. The van der Waals surface area contributed by atoms with Crippen molar-refractivity contribution >= 4 is 17.1 Å². The summed E-state index contributed by atoms with van der Waals surface area (Å²) in [7, 11) is 1.65. The summed E-state index contributed by atoms with van der Waals surface area (Å²) >= 11 is 0. The van der Waals surface area contributed by atoms with E-state index in [0.717, 1.165) is 22.4 Å². The van der Waals surface area contributed by atoms with Gasteiger partial charge >= 0.3 is 11.7 Å². The van der Waals surface area contributed by atoms with Crippen molar-refractivity contribution in [3.8, 4) is 5.69 Å². The molecule has 0 radical (unpaired) electrons. The first-order valence-corrected chi connectivity index (χ1v) is 10.1. The molecule has 164 valence electrons. The van der Waals surface area contributed by atoms with Gasteiger partial charge in [-0.3, -0.25) is 4.57 Å². The lowest BCUT2D eigenvalue weighted by Gasteiger charge is -2.16. The molecule has 2 N–H and O–H groups in total. The zero-order valence-electron chi connectivity index (χ0n) is 17.5. The smallest absolute Gasteiger partial charge is 0.419 e. The van der Waals surface area contributed by atoms with Gasteiger partial charge in [-0.2, -0.15) is 0 Å². The van der Waals surface area contributed by atoms with Crippen LogP contribution in [0.25, 0.3) is 16.8 Å². The Morgan fingerprint density at radius 2 is 2.09 bits per heavy atom. The number of aromatic nitrogens is 4. The number of cyclic esters (lactones) is 1. The highest BCUT2D eigenvalue weighted by molar-refractivity contribution is 5.94. The number of rotatable bonds is 6. The molecule has 0 unspecified atom stereocenters. The van der Waals surface area contributed by atoms with Gasteiger partial charge in [-0.05, 0) is 42.3 Å². The van der Waals surface area contributed by atoms with Gasteiger partial charge in [-0.1, -0.05) is 11.3 Å². The third kappa shape index (κ3) is 3.39. The molecule has 3 heterocycles. The molecule has 0 bridgehead atoms. The van der Waals surface area contributed by atoms with E-state index in [-0.39, 0.29) is 12.6 Å². The van der Waals surface area contributed by atoms with Crippen LogP contribution in [-0.4, -0.2) is 37.2 Å². The van der Waals surface area contributed by atoms with Crippen LogP contribution in [-0.2, 0) is 24.9 Å². The molecule has 1 aliphatic rings. The molecule has 10 nitrogen and oxygen atoms in total. The van der Waals surface area contributed by atoms with Gasteiger partial charge in [-0.25, -0.2) is 14.3 Å². The topological polar surface area (TPSA) is 124 Å². The number of aliphatic hydroxyl groups excluding tert-OH is 1. The van der Waals surface area contributed by atoms with E-state index in [1.54, 1.807) is 48.3 Å². The zero-order valence-corrected chi connectivity index (χ0v) is 17.5. The highest BCUT2D eigenvalue weighted by Gasteiger charge is 2.25. The van der Waals surface area contributed by atoms with Crippen LogP contribution >= 0.6 is 0 Å². The summed E-state index contributed by atoms with van der Waals surface area (Å²) in [6.07, 6.45) is 1.04. The molecule has 2 aromatic heterocycles. The van der Waals surface area contributed by atoms with E-state index in [4.69, 9.17) is 9.15 Å². The zero-order chi connectivity index (χ0) is 22.4. The predicted molar refractivity (Wildman–Crippen MR) is 113 cm³/mol. The Bertz CT molecular complexity index is 1400. The molecule has 0 aliphatic carbocycles. The van der Waals surface area contributed by atoms with Crippen LogP contribution < -0.4 is 11.1 Å². The second-order valence-electron chi connectivity index (χ2n) is 7.76. The van der Waals surface area contributed by atoms with E-state index in [1.807, 2.05) is 6.92 Å². The fourth-order valence-corrected chi connectivity index (χ4v) is 3.94. The summed E-state index contributed by atoms with van der Waals surface area (Å²) in [6.45, 7) is 2.85. The number of nitrogens with one attached hydrogen (secondary N) is 1. The maximum Gasteiger partial charge on any atom is 0.419 e. The molecule has 1 aliphatic heterocycles. The Balaban J connectivity index is 1.25. The second-order valence-corrected chi connectivity index (χ2v) is 7.76. The number of benzene rings is 2. The fourth-order valence-electron chi connectivity index (χ4n) is 3.94. The van der Waals surface area contributed by atoms with Crippen molar-refractivity contribution in [2.45, 2.75) is 26.2 Å². The number of esters is 1.